The summed E-state index contributed by atoms with van der Waals surface area (Å²) in [6, 6.07) is 36.8. The van der Waals surface area contributed by atoms with Crippen LogP contribution in [0.5, 0.6) is 0 Å². The van der Waals surface area contributed by atoms with Gasteiger partial charge in [0.1, 0.15) is 0 Å². The van der Waals surface area contributed by atoms with Crippen LogP contribution in [0.2, 0.25) is 0 Å². The minimum absolute atomic E-state index is 0.108. The van der Waals surface area contributed by atoms with Gasteiger partial charge in [-0.25, -0.2) is 0 Å². The van der Waals surface area contributed by atoms with Crippen LogP contribution in [0, 0.1) is 16.2 Å². The van der Waals surface area contributed by atoms with Crippen LogP contribution in [-0.2, 0) is 17.9 Å². The topological polar surface area (TPSA) is 17.1 Å². The van der Waals surface area contributed by atoms with Crippen molar-refractivity contribution in [1.29, 1.82) is 0 Å². The van der Waals surface area contributed by atoms with Crippen molar-refractivity contribution in [3.8, 4) is 26.0 Å². The molecule has 5 heteroatoms. The molecule has 2 heterocycles. The monoisotopic (exact) mass is 852 g/mol. The number of carbonyl (C=O) groups excluding carboxylic acids is 1. The number of ketones is 1. The molecule has 2 aliphatic carbocycles. The second-order valence-corrected chi connectivity index (χ2v) is 17.8. The third-order valence-corrected chi connectivity index (χ3v) is 16.6. The molecule has 1 fully saturated rings. The van der Waals surface area contributed by atoms with Gasteiger partial charge in [0.15, 0.2) is 0 Å². The molecule has 48 heavy (non-hydrogen) atoms. The molecule has 0 saturated heterocycles. The van der Waals surface area contributed by atoms with Gasteiger partial charge in [0, 0.05) is 0 Å². The zero-order valence-corrected chi connectivity index (χ0v) is 31.8. The summed E-state index contributed by atoms with van der Waals surface area (Å²) in [6.07, 6.45) is 12.0. The fourth-order valence-electron chi connectivity index (χ4n) is 6.76. The summed E-state index contributed by atoms with van der Waals surface area (Å²) in [7, 11) is -2.43. The van der Waals surface area contributed by atoms with E-state index in [9.17, 15) is 4.79 Å². The van der Waals surface area contributed by atoms with Gasteiger partial charge in [-0.2, -0.15) is 0 Å². The molecule has 0 spiro atoms. The Hall–Kier alpha value is -3.90. The van der Waals surface area contributed by atoms with Gasteiger partial charge in [0.25, 0.3) is 0 Å². The van der Waals surface area contributed by atoms with Crippen LogP contribution in [0.1, 0.15) is 58.8 Å². The van der Waals surface area contributed by atoms with Crippen molar-refractivity contribution in [2.24, 2.45) is 0 Å². The molecule has 2 aromatic heterocycles. The number of rotatable bonds is 6. The van der Waals surface area contributed by atoms with Gasteiger partial charge in [0.2, 0.25) is 0 Å². The van der Waals surface area contributed by atoms with E-state index in [2.05, 4.69) is 132 Å². The second kappa shape index (κ2) is 14.3. The van der Waals surface area contributed by atoms with Crippen molar-refractivity contribution < 1.29 is 22.7 Å². The molecule has 7 rings (SSSR count). The van der Waals surface area contributed by atoms with Crippen molar-refractivity contribution in [3.05, 3.63) is 164 Å². The average molecular weight is 851 g/mol. The number of fused-ring (bicyclic) bond motifs is 3. The van der Waals surface area contributed by atoms with Crippen LogP contribution in [0.3, 0.4) is 0 Å². The first-order valence-corrected chi connectivity index (χ1v) is 20.8. The zero-order chi connectivity index (χ0) is 33.1. The molecule has 0 amide bonds. The van der Waals surface area contributed by atoms with Crippen molar-refractivity contribution in [2.75, 3.05) is 0 Å². The Bertz CT molecular complexity index is 2150. The van der Waals surface area contributed by atoms with Gasteiger partial charge in [-0.05, 0) is 6.92 Å². The fourth-order valence-corrected chi connectivity index (χ4v) is 14.8. The Morgan fingerprint density at radius 2 is 1.33 bits per heavy atom. The summed E-state index contributed by atoms with van der Waals surface area (Å²) in [5.41, 5.74) is 5.36. The van der Waals surface area contributed by atoms with Gasteiger partial charge < -0.3 is 0 Å². The first kappa shape index (κ1) is 32.6. The predicted molar refractivity (Wildman–Crippen MR) is 204 cm³/mol. The number of thiophene rings is 2. The third kappa shape index (κ3) is 5.87. The van der Waals surface area contributed by atoms with Gasteiger partial charge in [-0.1, -0.05) is 6.08 Å². The van der Waals surface area contributed by atoms with E-state index in [1.165, 1.54) is 27.1 Å². The number of allylic oxidation sites excluding steroid dienone is 7. The van der Waals surface area contributed by atoms with Crippen LogP contribution in [-0.4, -0.2) is 5.78 Å². The van der Waals surface area contributed by atoms with E-state index in [4.69, 9.17) is 0 Å². The van der Waals surface area contributed by atoms with Crippen LogP contribution in [0.25, 0.3) is 15.8 Å². The van der Waals surface area contributed by atoms with Crippen LogP contribution < -0.4 is 15.9 Å². The van der Waals surface area contributed by atoms with Crippen LogP contribution in [0.15, 0.2) is 143 Å². The molecular formula is C43H33OOsPS2+. The van der Waals surface area contributed by atoms with E-state index < -0.39 is 7.26 Å². The quantitative estimate of drug-likeness (QED) is 0.121. The SMILES string of the molecule is CC=C1CCCC1=CC(C#Cc1cc2c(s1)-c1sc(/C=C/C)cc1C2=O)=C([C]#[Os])[P+](c1ccccc1)(c1ccccc1)c1ccccc1. The Morgan fingerprint density at radius 3 is 1.90 bits per heavy atom. The molecule has 5 aromatic rings. The molecule has 0 aliphatic heterocycles. The first-order valence-electron chi connectivity index (χ1n) is 16.1. The average Bonchev–Trinajstić information content (AvgIpc) is 3.91. The predicted octanol–water partition coefficient (Wildman–Crippen LogP) is 10.2. The Morgan fingerprint density at radius 1 is 0.771 bits per heavy atom. The third-order valence-electron chi connectivity index (χ3n) is 8.91. The minimum atomic E-state index is -2.43. The van der Waals surface area contributed by atoms with E-state index >= 15 is 0 Å². The van der Waals surface area contributed by atoms with E-state index in [0.717, 1.165) is 60.8 Å². The van der Waals surface area contributed by atoms with Crippen LogP contribution in [0.4, 0.5) is 0 Å². The summed E-state index contributed by atoms with van der Waals surface area (Å²) < 4.78 is 3.79. The number of hydrogen-bond acceptors (Lipinski definition) is 3. The zero-order valence-electron chi connectivity index (χ0n) is 26.8. The summed E-state index contributed by atoms with van der Waals surface area (Å²) in [5.74, 6) is 7.39. The molecule has 0 N–H and O–H groups in total. The number of hydrogen-bond donors (Lipinski definition) is 0. The van der Waals surface area contributed by atoms with E-state index in [1.54, 1.807) is 40.6 Å². The Kier molecular flexibility index (Phi) is 9.72. The number of benzene rings is 3. The van der Waals surface area contributed by atoms with E-state index in [1.807, 2.05) is 25.1 Å². The maximum absolute atomic E-state index is 13.4. The van der Waals surface area contributed by atoms with Crippen molar-refractivity contribution in [2.45, 2.75) is 33.1 Å². The second-order valence-electron chi connectivity index (χ2n) is 11.7. The normalized spacial score (nSPS) is 16.1. The standard InChI is InChI=1S/C43H33OPS2.Os/c1-4-16-37-28-39-41(44)40-29-38(47-43(40)42(39)46-37)26-25-32(27-33-18-15-17-31(33)5-2)30(3)45(34-19-9-6-10-20-34,35-21-11-7-12-22-35)36-23-13-8-14-24-36;/h4-14,16,19-24,27-29H,15,17-18H2,1-2H3;/q+1;/b16-4+,31-5?,32-30?,33-27?;. The molecule has 1 saturated carbocycles. The van der Waals surface area contributed by atoms with Crippen molar-refractivity contribution >= 4 is 57.7 Å². The summed E-state index contributed by atoms with van der Waals surface area (Å²) >= 11 is 5.10. The fraction of sp³-hybridized carbons (Fsp3) is 0.116. The van der Waals surface area contributed by atoms with Gasteiger partial charge in [0.05, 0.1) is 0 Å². The van der Waals surface area contributed by atoms with Crippen molar-refractivity contribution in [3.63, 3.8) is 0 Å². The molecule has 0 unspecified atom stereocenters. The van der Waals surface area contributed by atoms with E-state index in [-0.39, 0.29) is 5.78 Å². The Labute approximate surface area is 301 Å². The molecule has 0 atom stereocenters. The number of carbonyl (C=O) groups is 1. The maximum atomic E-state index is 13.4. The van der Waals surface area contributed by atoms with Gasteiger partial charge >= 0.3 is 291 Å². The molecular weight excluding hydrogens is 818 g/mol. The molecule has 3 aromatic carbocycles. The Balaban J connectivity index is 1.50. The van der Waals surface area contributed by atoms with Gasteiger partial charge in [-0.15, -0.1) is 0 Å². The summed E-state index contributed by atoms with van der Waals surface area (Å²) in [5, 5.41) is 4.96. The van der Waals surface area contributed by atoms with Crippen LogP contribution >= 0.6 is 29.9 Å². The van der Waals surface area contributed by atoms with Gasteiger partial charge in [-0.3, -0.25) is 0 Å². The first-order chi connectivity index (χ1) is 23.6. The molecule has 1 nitrogen and oxygen atoms in total. The molecule has 0 radical (unpaired) electrons. The summed E-state index contributed by atoms with van der Waals surface area (Å²) in [6.45, 7) is 4.15. The molecule has 235 valence electrons. The van der Waals surface area contributed by atoms with Crippen molar-refractivity contribution in [1.82, 2.24) is 0 Å². The molecule has 2 aliphatic rings. The van der Waals surface area contributed by atoms with E-state index in [0.29, 0.717) is 0 Å². The molecule has 0 bridgehead atoms. The summed E-state index contributed by atoms with van der Waals surface area (Å²) in [4.78, 5) is 17.6.